The minimum Gasteiger partial charge on any atom is -0.354 e. The van der Waals surface area contributed by atoms with Crippen molar-refractivity contribution in [2.45, 2.75) is 25.8 Å². The molecule has 0 saturated carbocycles. The second-order valence-electron chi connectivity index (χ2n) is 6.26. The van der Waals surface area contributed by atoms with Crippen molar-refractivity contribution in [3.8, 4) is 0 Å². The Hall–Kier alpha value is -1.81. The molecule has 1 fully saturated rings. The molecule has 1 saturated heterocycles. The summed E-state index contributed by atoms with van der Waals surface area (Å²) in [6.07, 6.45) is 9.66. The van der Waals surface area contributed by atoms with E-state index in [1.54, 1.807) is 5.57 Å². The quantitative estimate of drug-likeness (QED) is 0.741. The third-order valence-electron chi connectivity index (χ3n) is 4.94. The van der Waals surface area contributed by atoms with Crippen molar-refractivity contribution in [3.63, 3.8) is 0 Å². The monoisotopic (exact) mass is 282 g/mol. The maximum Gasteiger partial charge on any atom is 0.140 e. The van der Waals surface area contributed by atoms with Gasteiger partial charge in [0.15, 0.2) is 0 Å². The minimum atomic E-state index is 1.02. The molecule has 0 aromatic carbocycles. The molecule has 2 aromatic heterocycles. The van der Waals surface area contributed by atoms with Gasteiger partial charge in [-0.05, 0) is 26.0 Å². The summed E-state index contributed by atoms with van der Waals surface area (Å²) in [7, 11) is 4.37. The molecule has 0 radical (unpaired) electrons. The van der Waals surface area contributed by atoms with E-state index in [9.17, 15) is 0 Å². The number of fused-ring (bicyclic) bond motifs is 2. The average Bonchev–Trinajstić information content (AvgIpc) is 3.04. The van der Waals surface area contributed by atoms with E-state index in [-0.39, 0.29) is 0 Å². The van der Waals surface area contributed by atoms with Gasteiger partial charge >= 0.3 is 0 Å². The summed E-state index contributed by atoms with van der Waals surface area (Å²) in [4.78, 5) is 7.10. The fourth-order valence-corrected chi connectivity index (χ4v) is 3.65. The van der Waals surface area contributed by atoms with Crippen LogP contribution in [0.4, 0.5) is 0 Å². The van der Waals surface area contributed by atoms with Gasteiger partial charge in [0.1, 0.15) is 5.82 Å². The van der Waals surface area contributed by atoms with Crippen LogP contribution in [0, 0.1) is 0 Å². The van der Waals surface area contributed by atoms with Gasteiger partial charge in [0.25, 0.3) is 0 Å². The molecule has 4 heterocycles. The van der Waals surface area contributed by atoms with Gasteiger partial charge in [-0.25, -0.2) is 4.98 Å². The van der Waals surface area contributed by atoms with Crippen molar-refractivity contribution < 1.29 is 0 Å². The zero-order chi connectivity index (χ0) is 14.4. The van der Waals surface area contributed by atoms with Crippen LogP contribution in [0.15, 0.2) is 30.2 Å². The van der Waals surface area contributed by atoms with E-state index in [0.29, 0.717) is 0 Å². The van der Waals surface area contributed by atoms with Gasteiger partial charge in [-0.1, -0.05) is 5.57 Å². The van der Waals surface area contributed by atoms with E-state index in [0.717, 1.165) is 38.9 Å². The average molecular weight is 282 g/mol. The summed E-state index contributed by atoms with van der Waals surface area (Å²) < 4.78 is 4.60. The van der Waals surface area contributed by atoms with Crippen LogP contribution < -0.4 is 0 Å². The maximum absolute atomic E-state index is 4.68. The first-order valence-electron chi connectivity index (χ1n) is 7.80. The third-order valence-corrected chi connectivity index (χ3v) is 4.94. The van der Waals surface area contributed by atoms with Crippen LogP contribution >= 0.6 is 0 Å². The number of aromatic nitrogens is 3. The number of aryl methyl sites for hydroxylation is 2. The van der Waals surface area contributed by atoms with Crippen LogP contribution in [0.25, 0.3) is 5.57 Å². The molecule has 21 heavy (non-hydrogen) atoms. The fourth-order valence-electron chi connectivity index (χ4n) is 3.65. The standard InChI is InChI=1S/C17H22N4/c1-19-8-3-13(4-9-19)16-14-5-10-20(2)15(14)6-11-21-12-7-18-17(16)21/h5,7,10,12H,3-4,6,8-9,11H2,1-2H3. The van der Waals surface area contributed by atoms with Crippen LogP contribution in [0.2, 0.25) is 0 Å². The molecule has 2 aromatic rings. The number of nitrogens with zero attached hydrogens (tertiary/aromatic N) is 4. The molecule has 2 aliphatic rings. The summed E-state index contributed by atoms with van der Waals surface area (Å²) in [6.45, 7) is 3.33. The zero-order valence-electron chi connectivity index (χ0n) is 12.8. The van der Waals surface area contributed by atoms with Crippen molar-refractivity contribution in [1.29, 1.82) is 0 Å². The summed E-state index contributed by atoms with van der Waals surface area (Å²) >= 11 is 0. The molecule has 2 aliphatic heterocycles. The number of hydrogen-bond acceptors (Lipinski definition) is 2. The topological polar surface area (TPSA) is 26.0 Å². The molecule has 0 unspecified atom stereocenters. The van der Waals surface area contributed by atoms with Crippen LogP contribution in [-0.4, -0.2) is 39.2 Å². The van der Waals surface area contributed by atoms with Crippen molar-refractivity contribution in [3.05, 3.63) is 47.3 Å². The lowest BCUT2D eigenvalue weighted by Crippen LogP contribution is -2.27. The Kier molecular flexibility index (Phi) is 3.00. The van der Waals surface area contributed by atoms with Crippen molar-refractivity contribution in [2.75, 3.05) is 20.1 Å². The Labute approximate surface area is 125 Å². The lowest BCUT2D eigenvalue weighted by molar-refractivity contribution is 0.313. The molecule has 0 spiro atoms. The normalized spacial score (nSPS) is 19.3. The Balaban J connectivity index is 1.91. The van der Waals surface area contributed by atoms with E-state index in [1.165, 1.54) is 22.7 Å². The lowest BCUT2D eigenvalue weighted by atomic mass is 9.92. The highest BCUT2D eigenvalue weighted by Gasteiger charge is 2.25. The summed E-state index contributed by atoms with van der Waals surface area (Å²) in [5.74, 6) is 1.17. The van der Waals surface area contributed by atoms with Crippen LogP contribution in [0.1, 0.15) is 29.9 Å². The molecule has 0 bridgehead atoms. The van der Waals surface area contributed by atoms with Crippen LogP contribution in [-0.2, 0) is 20.0 Å². The second-order valence-corrected chi connectivity index (χ2v) is 6.26. The number of imidazole rings is 1. The molecular weight excluding hydrogens is 260 g/mol. The molecular formula is C17H22N4. The zero-order valence-corrected chi connectivity index (χ0v) is 12.8. The minimum absolute atomic E-state index is 1.02. The Morgan fingerprint density at radius 3 is 2.62 bits per heavy atom. The van der Waals surface area contributed by atoms with Crippen molar-refractivity contribution >= 4 is 5.57 Å². The van der Waals surface area contributed by atoms with Gasteiger partial charge in [-0.15, -0.1) is 0 Å². The maximum atomic E-state index is 4.68. The third kappa shape index (κ3) is 2.05. The van der Waals surface area contributed by atoms with Gasteiger partial charge in [-0.2, -0.15) is 0 Å². The summed E-state index contributed by atoms with van der Waals surface area (Å²) in [5, 5.41) is 0. The Morgan fingerprint density at radius 2 is 1.81 bits per heavy atom. The molecule has 110 valence electrons. The molecule has 0 N–H and O–H groups in total. The first-order chi connectivity index (χ1) is 10.2. The fraction of sp³-hybridized carbons (Fsp3) is 0.471. The van der Waals surface area contributed by atoms with E-state index in [4.69, 9.17) is 0 Å². The van der Waals surface area contributed by atoms with E-state index in [1.807, 2.05) is 6.20 Å². The predicted molar refractivity (Wildman–Crippen MR) is 84.1 cm³/mol. The van der Waals surface area contributed by atoms with E-state index < -0.39 is 0 Å². The molecule has 4 heteroatoms. The van der Waals surface area contributed by atoms with Crippen molar-refractivity contribution in [1.82, 2.24) is 19.0 Å². The van der Waals surface area contributed by atoms with E-state index in [2.05, 4.69) is 51.6 Å². The highest BCUT2D eigenvalue weighted by molar-refractivity contribution is 5.81. The number of piperidine rings is 1. The Bertz CT molecular complexity index is 694. The molecule has 0 amide bonds. The molecule has 4 rings (SSSR count). The number of hydrogen-bond donors (Lipinski definition) is 0. The van der Waals surface area contributed by atoms with Gasteiger partial charge in [0.05, 0.1) is 0 Å². The molecule has 0 aliphatic carbocycles. The SMILES string of the molecule is CN1CCC(=C2c3ccn(C)c3CCn3ccnc32)CC1. The predicted octanol–water partition coefficient (Wildman–Crippen LogP) is 2.31. The second kappa shape index (κ2) is 4.88. The van der Waals surface area contributed by atoms with Crippen LogP contribution in [0.5, 0.6) is 0 Å². The molecule has 4 nitrogen and oxygen atoms in total. The number of likely N-dealkylation sites (tertiary alicyclic amines) is 1. The van der Waals surface area contributed by atoms with Gasteiger partial charge < -0.3 is 14.0 Å². The highest BCUT2D eigenvalue weighted by Crippen LogP contribution is 2.35. The number of rotatable bonds is 0. The summed E-state index contributed by atoms with van der Waals surface area (Å²) in [6, 6.07) is 2.28. The van der Waals surface area contributed by atoms with E-state index >= 15 is 0 Å². The van der Waals surface area contributed by atoms with Crippen LogP contribution in [0.3, 0.4) is 0 Å². The first kappa shape index (κ1) is 12.9. The van der Waals surface area contributed by atoms with Gasteiger partial charge in [-0.3, -0.25) is 0 Å². The highest BCUT2D eigenvalue weighted by atomic mass is 15.1. The molecule has 0 atom stereocenters. The largest absolute Gasteiger partial charge is 0.354 e. The van der Waals surface area contributed by atoms with Gasteiger partial charge in [0.2, 0.25) is 0 Å². The summed E-state index contributed by atoms with van der Waals surface area (Å²) in [5.41, 5.74) is 5.83. The lowest BCUT2D eigenvalue weighted by Gasteiger charge is -2.26. The Morgan fingerprint density at radius 1 is 1.00 bits per heavy atom. The van der Waals surface area contributed by atoms with Crippen molar-refractivity contribution in [2.24, 2.45) is 7.05 Å². The van der Waals surface area contributed by atoms with Gasteiger partial charge in [0, 0.05) is 68.5 Å². The smallest absolute Gasteiger partial charge is 0.140 e. The first-order valence-corrected chi connectivity index (χ1v) is 7.80.